The molecular formula is C70H44N2O. The van der Waals surface area contributed by atoms with Crippen molar-refractivity contribution in [3.8, 4) is 39.1 Å². The lowest BCUT2D eigenvalue weighted by Crippen LogP contribution is -2.10. The zero-order valence-electron chi connectivity index (χ0n) is 39.7. The number of hydrogen-bond acceptors (Lipinski definition) is 2. The van der Waals surface area contributed by atoms with Gasteiger partial charge in [-0.05, 0) is 156 Å². The van der Waals surface area contributed by atoms with E-state index in [4.69, 9.17) is 4.42 Å². The summed E-state index contributed by atoms with van der Waals surface area (Å²) in [6.07, 6.45) is 0. The summed E-state index contributed by atoms with van der Waals surface area (Å²) in [6.45, 7) is 0. The van der Waals surface area contributed by atoms with Crippen molar-refractivity contribution in [3.63, 3.8) is 0 Å². The zero-order valence-corrected chi connectivity index (χ0v) is 39.7. The topological polar surface area (TPSA) is 21.3 Å². The molecule has 2 heterocycles. The second kappa shape index (κ2) is 16.4. The van der Waals surface area contributed by atoms with E-state index in [1.807, 2.05) is 12.1 Å². The molecule has 0 atom stereocenters. The second-order valence-electron chi connectivity index (χ2n) is 19.2. The van der Waals surface area contributed by atoms with Crippen molar-refractivity contribution in [2.75, 3.05) is 4.90 Å². The van der Waals surface area contributed by atoms with Crippen molar-refractivity contribution < 1.29 is 4.42 Å². The van der Waals surface area contributed by atoms with Crippen LogP contribution in [0.2, 0.25) is 0 Å². The molecule has 3 nitrogen and oxygen atoms in total. The average Bonchev–Trinajstić information content (AvgIpc) is 4.00. The highest BCUT2D eigenvalue weighted by molar-refractivity contribution is 6.26. The van der Waals surface area contributed by atoms with E-state index in [-0.39, 0.29) is 0 Å². The van der Waals surface area contributed by atoms with Gasteiger partial charge >= 0.3 is 0 Å². The summed E-state index contributed by atoms with van der Waals surface area (Å²) in [5, 5.41) is 14.7. The van der Waals surface area contributed by atoms with E-state index >= 15 is 0 Å². The van der Waals surface area contributed by atoms with Crippen LogP contribution in [0.1, 0.15) is 0 Å². The van der Waals surface area contributed by atoms with Gasteiger partial charge in [0.05, 0.1) is 16.7 Å². The van der Waals surface area contributed by atoms with E-state index in [0.29, 0.717) is 0 Å². The van der Waals surface area contributed by atoms with Crippen LogP contribution >= 0.6 is 0 Å². The van der Waals surface area contributed by atoms with Crippen LogP contribution in [0.5, 0.6) is 0 Å². The molecule has 0 saturated heterocycles. The SMILES string of the molecule is c1ccc(N(c2ccc(-c3ccc4c(c3)c3cc(-c5ccc(-c6ccc7oc8ccccc8c7c6)cc5)ccc3n4-c3ccc4c5ccccc5c5ccccc5c4c3)cc2)c2cccc3ccccc23)cc1. The first-order chi connectivity index (χ1) is 36.2. The fourth-order valence-electron chi connectivity index (χ4n) is 11.7. The van der Waals surface area contributed by atoms with Gasteiger partial charge in [0.2, 0.25) is 0 Å². The summed E-state index contributed by atoms with van der Waals surface area (Å²) in [4.78, 5) is 2.37. The minimum absolute atomic E-state index is 0.909. The normalized spacial score (nSPS) is 11.8. The standard InChI is InChI=1S/C70H44N2O/c1-2-15-52(16-3-1)71(66-23-12-14-48-13-4-5-17-55(48)66)53-34-29-47(30-35-53)50-32-39-68-64(42-50)63-41-49(45-25-27-46(28-26-45)51-33-40-70-65(43-51)61-22-10-11-24-69(61)73-70)31-38-67(63)72(68)54-36-37-60-58-20-7-6-18-56(58)57-19-8-9-21-59(57)62(60)44-54/h1-44H. The highest BCUT2D eigenvalue weighted by Gasteiger charge is 2.19. The lowest BCUT2D eigenvalue weighted by molar-refractivity contribution is 0.669. The number of hydrogen-bond donors (Lipinski definition) is 0. The molecule has 2 aromatic heterocycles. The molecule has 0 aliphatic rings. The molecule has 340 valence electrons. The zero-order chi connectivity index (χ0) is 48.0. The summed E-state index contributed by atoms with van der Waals surface area (Å²) in [5.41, 5.74) is 15.7. The predicted molar refractivity (Wildman–Crippen MR) is 309 cm³/mol. The van der Waals surface area contributed by atoms with Gasteiger partial charge < -0.3 is 13.9 Å². The Morgan fingerprint density at radius 1 is 0.260 bits per heavy atom. The van der Waals surface area contributed by atoms with Gasteiger partial charge in [-0.3, -0.25) is 0 Å². The van der Waals surface area contributed by atoms with Crippen LogP contribution in [0.4, 0.5) is 17.1 Å². The van der Waals surface area contributed by atoms with Crippen LogP contribution in [0.15, 0.2) is 271 Å². The Hall–Kier alpha value is -9.70. The maximum atomic E-state index is 6.15. The first kappa shape index (κ1) is 41.1. The summed E-state index contributed by atoms with van der Waals surface area (Å²) in [7, 11) is 0. The molecule has 0 N–H and O–H groups in total. The maximum Gasteiger partial charge on any atom is 0.135 e. The average molecular weight is 929 g/mol. The van der Waals surface area contributed by atoms with Gasteiger partial charge in [0.25, 0.3) is 0 Å². The van der Waals surface area contributed by atoms with Crippen molar-refractivity contribution in [2.45, 2.75) is 0 Å². The molecular weight excluding hydrogens is 885 g/mol. The van der Waals surface area contributed by atoms with Crippen LogP contribution < -0.4 is 4.90 Å². The number of aromatic nitrogens is 1. The fourth-order valence-corrected chi connectivity index (χ4v) is 11.7. The minimum atomic E-state index is 0.909. The number of furan rings is 1. The van der Waals surface area contributed by atoms with Crippen molar-refractivity contribution in [2.24, 2.45) is 0 Å². The summed E-state index contributed by atoms with van der Waals surface area (Å²) in [5.74, 6) is 0. The largest absolute Gasteiger partial charge is 0.456 e. The van der Waals surface area contributed by atoms with Gasteiger partial charge in [0.1, 0.15) is 11.2 Å². The number of fused-ring (bicyclic) bond motifs is 13. The third-order valence-corrected chi connectivity index (χ3v) is 15.2. The van der Waals surface area contributed by atoms with E-state index in [2.05, 4.69) is 264 Å². The van der Waals surface area contributed by atoms with E-state index in [1.54, 1.807) is 0 Å². The van der Waals surface area contributed by atoms with Crippen LogP contribution in [0, 0.1) is 0 Å². The fraction of sp³-hybridized carbons (Fsp3) is 0. The van der Waals surface area contributed by atoms with Gasteiger partial charge in [0.15, 0.2) is 0 Å². The Kier molecular flexibility index (Phi) is 9.26. The van der Waals surface area contributed by atoms with E-state index in [1.165, 1.54) is 92.7 Å². The highest BCUT2D eigenvalue weighted by atomic mass is 16.3. The van der Waals surface area contributed by atoms with Gasteiger partial charge in [-0.15, -0.1) is 0 Å². The molecule has 0 aliphatic heterocycles. The number of para-hydroxylation sites is 2. The smallest absolute Gasteiger partial charge is 0.135 e. The van der Waals surface area contributed by atoms with Crippen LogP contribution in [0.25, 0.3) is 126 Å². The molecule has 0 amide bonds. The van der Waals surface area contributed by atoms with Crippen LogP contribution in [0.3, 0.4) is 0 Å². The van der Waals surface area contributed by atoms with Crippen molar-refractivity contribution in [3.05, 3.63) is 267 Å². The van der Waals surface area contributed by atoms with Crippen molar-refractivity contribution in [1.29, 1.82) is 0 Å². The summed E-state index contributed by atoms with van der Waals surface area (Å²) in [6, 6.07) is 97.4. The molecule has 0 bridgehead atoms. The lowest BCUT2D eigenvalue weighted by atomic mass is 9.94. The number of benzene rings is 13. The third-order valence-electron chi connectivity index (χ3n) is 15.2. The maximum absolute atomic E-state index is 6.15. The predicted octanol–water partition coefficient (Wildman–Crippen LogP) is 19.8. The summed E-state index contributed by atoms with van der Waals surface area (Å²) >= 11 is 0. The molecule has 0 radical (unpaired) electrons. The molecule has 0 fully saturated rings. The quantitative estimate of drug-likeness (QED) is 0.149. The van der Waals surface area contributed by atoms with E-state index < -0.39 is 0 Å². The molecule has 0 spiro atoms. The Bertz CT molecular complexity index is 4620. The molecule has 3 heteroatoms. The van der Waals surface area contributed by atoms with Gasteiger partial charge in [-0.2, -0.15) is 0 Å². The second-order valence-corrected chi connectivity index (χ2v) is 19.2. The number of anilines is 3. The number of nitrogens with zero attached hydrogens (tertiary/aromatic N) is 2. The Labute approximate surface area is 421 Å². The molecule has 73 heavy (non-hydrogen) atoms. The first-order valence-electron chi connectivity index (χ1n) is 25.1. The van der Waals surface area contributed by atoms with E-state index in [0.717, 1.165) is 50.3 Å². The molecule has 15 rings (SSSR count). The molecule has 0 aliphatic carbocycles. The molecule has 0 unspecified atom stereocenters. The van der Waals surface area contributed by atoms with Crippen molar-refractivity contribution in [1.82, 2.24) is 4.57 Å². The van der Waals surface area contributed by atoms with Crippen molar-refractivity contribution >= 4 is 104 Å². The van der Waals surface area contributed by atoms with Gasteiger partial charge in [-0.25, -0.2) is 0 Å². The Morgan fingerprint density at radius 2 is 0.712 bits per heavy atom. The van der Waals surface area contributed by atoms with Gasteiger partial charge in [-0.1, -0.05) is 182 Å². The molecule has 15 aromatic rings. The Balaban J connectivity index is 0.872. The molecule has 0 saturated carbocycles. The van der Waals surface area contributed by atoms with E-state index in [9.17, 15) is 0 Å². The lowest BCUT2D eigenvalue weighted by Gasteiger charge is -2.27. The first-order valence-corrected chi connectivity index (χ1v) is 25.1. The summed E-state index contributed by atoms with van der Waals surface area (Å²) < 4.78 is 8.62. The molecule has 13 aromatic carbocycles. The third kappa shape index (κ3) is 6.67. The van der Waals surface area contributed by atoms with Crippen LogP contribution in [-0.2, 0) is 0 Å². The minimum Gasteiger partial charge on any atom is -0.456 e. The Morgan fingerprint density at radius 3 is 1.36 bits per heavy atom. The van der Waals surface area contributed by atoms with Crippen LogP contribution in [-0.4, -0.2) is 4.57 Å². The van der Waals surface area contributed by atoms with Gasteiger partial charge in [0, 0.05) is 44.0 Å². The highest BCUT2D eigenvalue weighted by Crippen LogP contribution is 2.43. The number of rotatable bonds is 7. The monoisotopic (exact) mass is 928 g/mol.